The fourth-order valence-electron chi connectivity index (χ4n) is 1.48. The third kappa shape index (κ3) is 2.61. The first kappa shape index (κ1) is 12.4. The molecule has 1 aromatic heterocycles. The number of ether oxygens (including phenoxy) is 1. The molecule has 0 bridgehead atoms. The molecular weight excluding hydrogens is 247 g/mol. The zero-order valence-corrected chi connectivity index (χ0v) is 9.48. The van der Waals surface area contributed by atoms with E-state index < -0.39 is 12.4 Å². The summed E-state index contributed by atoms with van der Waals surface area (Å²) in [5.41, 5.74) is 0.432. The number of aromatic nitrogens is 3. The zero-order chi connectivity index (χ0) is 13.1. The monoisotopic (exact) mass is 257 g/mol. The van der Waals surface area contributed by atoms with Gasteiger partial charge in [0.05, 0.1) is 6.20 Å². The molecule has 0 amide bonds. The Labute approximate surface area is 101 Å². The lowest BCUT2D eigenvalue weighted by atomic mass is 10.1. The van der Waals surface area contributed by atoms with Crippen LogP contribution in [-0.2, 0) is 6.54 Å². The fraction of sp³-hybridized carbons (Fsp3) is 0.273. The fourth-order valence-corrected chi connectivity index (χ4v) is 1.48. The standard InChI is InChI=1S/C11H10F3N3O/c1-2-17-6-9(15-16-17)8-5-7(12)3-4-10(8)18-11(13)14/h3-6,11H,2H2,1H3. The van der Waals surface area contributed by atoms with Gasteiger partial charge in [-0.3, -0.25) is 4.68 Å². The van der Waals surface area contributed by atoms with E-state index in [4.69, 9.17) is 0 Å². The summed E-state index contributed by atoms with van der Waals surface area (Å²) in [6.07, 6.45) is 1.53. The van der Waals surface area contributed by atoms with Crippen LogP contribution in [0.25, 0.3) is 11.3 Å². The van der Waals surface area contributed by atoms with Gasteiger partial charge in [-0.1, -0.05) is 5.21 Å². The molecule has 0 N–H and O–H groups in total. The van der Waals surface area contributed by atoms with Gasteiger partial charge >= 0.3 is 6.61 Å². The molecule has 1 heterocycles. The van der Waals surface area contributed by atoms with Crippen molar-refractivity contribution in [1.82, 2.24) is 15.0 Å². The lowest BCUT2D eigenvalue weighted by molar-refractivity contribution is -0.0495. The van der Waals surface area contributed by atoms with Crippen molar-refractivity contribution in [1.29, 1.82) is 0 Å². The van der Waals surface area contributed by atoms with E-state index in [9.17, 15) is 13.2 Å². The van der Waals surface area contributed by atoms with Crippen molar-refractivity contribution in [2.45, 2.75) is 20.1 Å². The minimum Gasteiger partial charge on any atom is -0.434 e. The van der Waals surface area contributed by atoms with Gasteiger partial charge in [0.15, 0.2) is 0 Å². The van der Waals surface area contributed by atoms with E-state index in [1.54, 1.807) is 0 Å². The maximum absolute atomic E-state index is 13.2. The Morgan fingerprint density at radius 1 is 1.39 bits per heavy atom. The molecule has 18 heavy (non-hydrogen) atoms. The summed E-state index contributed by atoms with van der Waals surface area (Å²) in [6, 6.07) is 3.27. The summed E-state index contributed by atoms with van der Waals surface area (Å²) in [5, 5.41) is 7.55. The number of rotatable bonds is 4. The van der Waals surface area contributed by atoms with Crippen LogP contribution in [0.1, 0.15) is 6.92 Å². The van der Waals surface area contributed by atoms with Crippen LogP contribution < -0.4 is 4.74 Å². The van der Waals surface area contributed by atoms with Crippen LogP contribution in [0.15, 0.2) is 24.4 Å². The third-order valence-electron chi connectivity index (χ3n) is 2.30. The molecule has 4 nitrogen and oxygen atoms in total. The molecule has 0 aliphatic rings. The number of hydrogen-bond acceptors (Lipinski definition) is 3. The van der Waals surface area contributed by atoms with Gasteiger partial charge in [-0.05, 0) is 25.1 Å². The smallest absolute Gasteiger partial charge is 0.387 e. The molecule has 0 saturated carbocycles. The number of halogens is 3. The van der Waals surface area contributed by atoms with Crippen molar-refractivity contribution in [2.24, 2.45) is 0 Å². The molecular formula is C11H10F3N3O. The van der Waals surface area contributed by atoms with E-state index in [1.807, 2.05) is 6.92 Å². The predicted molar refractivity (Wildman–Crippen MR) is 57.7 cm³/mol. The molecule has 0 fully saturated rings. The Kier molecular flexibility index (Phi) is 3.50. The van der Waals surface area contributed by atoms with Gasteiger partial charge in [-0.15, -0.1) is 5.10 Å². The first-order chi connectivity index (χ1) is 8.60. The Hall–Kier alpha value is -2.05. The number of aryl methyl sites for hydroxylation is 1. The highest BCUT2D eigenvalue weighted by molar-refractivity contribution is 5.66. The Bertz CT molecular complexity index is 542. The molecule has 2 rings (SSSR count). The van der Waals surface area contributed by atoms with Crippen LogP contribution in [0.3, 0.4) is 0 Å². The van der Waals surface area contributed by atoms with E-state index in [2.05, 4.69) is 15.0 Å². The Balaban J connectivity index is 2.43. The van der Waals surface area contributed by atoms with Crippen molar-refractivity contribution >= 4 is 0 Å². The van der Waals surface area contributed by atoms with Crippen LogP contribution in [0.4, 0.5) is 13.2 Å². The lowest BCUT2D eigenvalue weighted by Crippen LogP contribution is -2.03. The number of nitrogens with zero attached hydrogens (tertiary/aromatic N) is 3. The summed E-state index contributed by atoms with van der Waals surface area (Å²) in [5.74, 6) is -0.688. The molecule has 0 saturated heterocycles. The van der Waals surface area contributed by atoms with Gasteiger partial charge in [0.1, 0.15) is 17.3 Å². The maximum atomic E-state index is 13.2. The Morgan fingerprint density at radius 3 is 2.78 bits per heavy atom. The van der Waals surface area contributed by atoms with Gasteiger partial charge in [0, 0.05) is 12.1 Å². The van der Waals surface area contributed by atoms with Crippen LogP contribution >= 0.6 is 0 Å². The number of hydrogen-bond donors (Lipinski definition) is 0. The van der Waals surface area contributed by atoms with E-state index in [0.29, 0.717) is 6.54 Å². The zero-order valence-electron chi connectivity index (χ0n) is 9.48. The van der Waals surface area contributed by atoms with Crippen molar-refractivity contribution in [3.05, 3.63) is 30.2 Å². The number of alkyl halides is 2. The van der Waals surface area contributed by atoms with Gasteiger partial charge in [0.25, 0.3) is 0 Å². The first-order valence-electron chi connectivity index (χ1n) is 5.25. The van der Waals surface area contributed by atoms with Crippen LogP contribution in [0.5, 0.6) is 5.75 Å². The summed E-state index contributed by atoms with van der Waals surface area (Å²) in [4.78, 5) is 0. The SMILES string of the molecule is CCn1cc(-c2cc(F)ccc2OC(F)F)nn1. The van der Waals surface area contributed by atoms with Gasteiger partial charge in [0.2, 0.25) is 0 Å². The average molecular weight is 257 g/mol. The molecule has 96 valence electrons. The highest BCUT2D eigenvalue weighted by Crippen LogP contribution is 2.30. The highest BCUT2D eigenvalue weighted by Gasteiger charge is 2.14. The van der Waals surface area contributed by atoms with E-state index in [1.165, 1.54) is 10.9 Å². The molecule has 0 atom stereocenters. The second kappa shape index (κ2) is 5.07. The highest BCUT2D eigenvalue weighted by atomic mass is 19.3. The van der Waals surface area contributed by atoms with Gasteiger partial charge in [-0.25, -0.2) is 4.39 Å². The van der Waals surface area contributed by atoms with Crippen LogP contribution in [0.2, 0.25) is 0 Å². The molecule has 0 aliphatic carbocycles. The molecule has 2 aromatic rings. The van der Waals surface area contributed by atoms with E-state index in [0.717, 1.165) is 18.2 Å². The van der Waals surface area contributed by atoms with Crippen molar-refractivity contribution in [2.75, 3.05) is 0 Å². The lowest BCUT2D eigenvalue weighted by Gasteiger charge is -2.08. The molecule has 0 spiro atoms. The second-order valence-corrected chi connectivity index (χ2v) is 3.48. The normalized spacial score (nSPS) is 10.9. The van der Waals surface area contributed by atoms with Gasteiger partial charge in [-0.2, -0.15) is 8.78 Å². The minimum absolute atomic E-state index is 0.130. The summed E-state index contributed by atoms with van der Waals surface area (Å²) in [7, 11) is 0. The summed E-state index contributed by atoms with van der Waals surface area (Å²) < 4.78 is 43.4. The minimum atomic E-state index is -2.98. The number of benzene rings is 1. The largest absolute Gasteiger partial charge is 0.434 e. The maximum Gasteiger partial charge on any atom is 0.387 e. The molecule has 0 unspecified atom stereocenters. The van der Waals surface area contributed by atoms with Gasteiger partial charge < -0.3 is 4.74 Å². The molecule has 0 aliphatic heterocycles. The average Bonchev–Trinajstić information content (AvgIpc) is 2.79. The van der Waals surface area contributed by atoms with Crippen molar-refractivity contribution in [3.63, 3.8) is 0 Å². The van der Waals surface area contributed by atoms with Crippen LogP contribution in [-0.4, -0.2) is 21.6 Å². The summed E-state index contributed by atoms with van der Waals surface area (Å²) in [6.45, 7) is -0.552. The summed E-state index contributed by atoms with van der Waals surface area (Å²) >= 11 is 0. The topological polar surface area (TPSA) is 39.9 Å². The first-order valence-corrected chi connectivity index (χ1v) is 5.25. The molecule has 7 heteroatoms. The van der Waals surface area contributed by atoms with Crippen LogP contribution in [0, 0.1) is 5.82 Å². The molecule has 1 aromatic carbocycles. The van der Waals surface area contributed by atoms with Crippen molar-refractivity contribution in [3.8, 4) is 17.0 Å². The Morgan fingerprint density at radius 2 is 2.17 bits per heavy atom. The van der Waals surface area contributed by atoms with E-state index in [-0.39, 0.29) is 17.0 Å². The van der Waals surface area contributed by atoms with E-state index >= 15 is 0 Å². The second-order valence-electron chi connectivity index (χ2n) is 3.48. The quantitative estimate of drug-likeness (QED) is 0.845. The molecule has 0 radical (unpaired) electrons. The van der Waals surface area contributed by atoms with Crippen molar-refractivity contribution < 1.29 is 17.9 Å². The third-order valence-corrected chi connectivity index (χ3v) is 2.30. The predicted octanol–water partition coefficient (Wildman–Crippen LogP) is 2.71.